The summed E-state index contributed by atoms with van der Waals surface area (Å²) >= 11 is 0. The van der Waals surface area contributed by atoms with Crippen molar-refractivity contribution in [3.8, 4) is 76.9 Å². The number of hydrogen-bond donors (Lipinski definition) is 0. The number of halogens is 2. The van der Waals surface area contributed by atoms with Crippen molar-refractivity contribution in [2.24, 2.45) is 0 Å². The molecule has 5 aromatic carbocycles. The standard InChI is InChI=1S/C48H14F2N10/c1-60-48(34-14-29(20-55)11-30(15-34)21-56)45-44-39(32-8-4-26(17-52)5-9-32)40-36(23-58)46(49)42(35(22-57)33-12-27(18-53)10-28(13-33)19-54)43(40)38(41(44)37(24-59)47(45)50)31-6-2-25(16-51)3-7-31/h2-15H/b42-35-,48-45+. The Morgan fingerprint density at radius 1 is 0.417 bits per heavy atom. The van der Waals surface area contributed by atoms with E-state index in [4.69, 9.17) is 6.57 Å². The van der Waals surface area contributed by atoms with Crippen LogP contribution in [-0.2, 0) is 0 Å². The molecule has 0 radical (unpaired) electrons. The zero-order valence-corrected chi connectivity index (χ0v) is 30.3. The molecule has 0 fully saturated rings. The van der Waals surface area contributed by atoms with E-state index in [1.165, 1.54) is 84.9 Å². The Morgan fingerprint density at radius 2 is 0.783 bits per heavy atom. The highest BCUT2D eigenvalue weighted by Crippen LogP contribution is 2.61. The first-order valence-corrected chi connectivity index (χ1v) is 17.2. The van der Waals surface area contributed by atoms with Gasteiger partial charge in [-0.05, 0) is 99.6 Å². The Hall–Kier alpha value is -10.2. The summed E-state index contributed by atoms with van der Waals surface area (Å²) in [6.07, 6.45) is 0. The van der Waals surface area contributed by atoms with Gasteiger partial charge in [-0.15, -0.1) is 0 Å². The largest absolute Gasteiger partial charge is 0.237 e. The molecule has 0 atom stereocenters. The van der Waals surface area contributed by atoms with Crippen molar-refractivity contribution in [2.75, 3.05) is 0 Å². The van der Waals surface area contributed by atoms with Crippen molar-refractivity contribution in [3.63, 3.8) is 0 Å². The maximum Gasteiger partial charge on any atom is 0.205 e. The molecule has 60 heavy (non-hydrogen) atoms. The highest BCUT2D eigenvalue weighted by atomic mass is 19.1. The van der Waals surface area contributed by atoms with Gasteiger partial charge in [0.15, 0.2) is 5.83 Å². The van der Waals surface area contributed by atoms with Crippen LogP contribution >= 0.6 is 0 Å². The van der Waals surface area contributed by atoms with Gasteiger partial charge in [0.2, 0.25) is 5.70 Å². The number of nitrogens with zero attached hydrogens (tertiary/aromatic N) is 10. The van der Waals surface area contributed by atoms with Crippen molar-refractivity contribution < 1.29 is 8.78 Å². The Morgan fingerprint density at radius 3 is 1.13 bits per heavy atom. The van der Waals surface area contributed by atoms with Gasteiger partial charge in [0.25, 0.3) is 0 Å². The van der Waals surface area contributed by atoms with E-state index in [0.29, 0.717) is 0 Å². The minimum absolute atomic E-state index is 0.0379. The van der Waals surface area contributed by atoms with Crippen LogP contribution in [0.15, 0.2) is 96.6 Å². The zero-order valence-electron chi connectivity index (χ0n) is 30.3. The van der Waals surface area contributed by atoms with Crippen LogP contribution in [0, 0.1) is 109 Å². The SMILES string of the molecule is [C-]#[N+]/C(=C1/C(F)=C(C#N)c2c1c(-c1ccc(C#N)cc1)c1c(c2-c2ccc(C#N)cc2)/C(=C(\C#N)c2cc(C#N)cc(C#N)c2)C(F)=C1C#N)c1cc(C#N)cc(C#N)c1. The van der Waals surface area contributed by atoms with Crippen molar-refractivity contribution >= 4 is 33.6 Å². The molecule has 0 saturated heterocycles. The van der Waals surface area contributed by atoms with Crippen LogP contribution in [0.3, 0.4) is 0 Å². The van der Waals surface area contributed by atoms with Crippen LogP contribution in [0.25, 0.3) is 60.7 Å². The maximum absolute atomic E-state index is 17.5. The predicted octanol–water partition coefficient (Wildman–Crippen LogP) is 9.91. The molecule has 0 unspecified atom stereocenters. The average Bonchev–Trinajstić information content (AvgIpc) is 3.74. The molecule has 0 amide bonds. The van der Waals surface area contributed by atoms with Crippen LogP contribution in [0.2, 0.25) is 0 Å². The molecular formula is C48H14F2N10. The molecule has 0 N–H and O–H groups in total. The highest BCUT2D eigenvalue weighted by molar-refractivity contribution is 6.25. The summed E-state index contributed by atoms with van der Waals surface area (Å²) in [5.41, 5.74) is -3.50. The Balaban J connectivity index is 1.83. The molecule has 2 aliphatic rings. The van der Waals surface area contributed by atoms with Crippen molar-refractivity contribution in [3.05, 3.63) is 175 Å². The second-order valence-electron chi connectivity index (χ2n) is 13.0. The minimum Gasteiger partial charge on any atom is -0.237 e. The lowest BCUT2D eigenvalue weighted by Crippen LogP contribution is -2.04. The normalized spacial score (nSPS) is 13.6. The van der Waals surface area contributed by atoms with E-state index in [-0.39, 0.29) is 89.0 Å². The number of fused-ring (bicyclic) bond motifs is 2. The summed E-state index contributed by atoms with van der Waals surface area (Å²) in [5, 5.41) is 90.9. The third-order valence-electron chi connectivity index (χ3n) is 9.86. The van der Waals surface area contributed by atoms with Gasteiger partial charge >= 0.3 is 0 Å². The number of benzene rings is 5. The summed E-state index contributed by atoms with van der Waals surface area (Å²) in [7, 11) is 0. The molecule has 12 heteroatoms. The molecule has 0 saturated carbocycles. The Bertz CT molecular complexity index is 3130. The van der Waals surface area contributed by atoms with Crippen LogP contribution in [0.5, 0.6) is 0 Å². The molecule has 0 heterocycles. The first-order valence-electron chi connectivity index (χ1n) is 17.2. The lowest BCUT2D eigenvalue weighted by molar-refractivity contribution is 0.682. The summed E-state index contributed by atoms with van der Waals surface area (Å²) in [6, 6.07) is 36.4. The fraction of sp³-hybridized carbons (Fsp3) is 0. The topological polar surface area (TPSA) is 218 Å². The second kappa shape index (κ2) is 15.2. The van der Waals surface area contributed by atoms with E-state index >= 15 is 8.78 Å². The summed E-state index contributed by atoms with van der Waals surface area (Å²) in [4.78, 5) is 3.66. The molecule has 0 aromatic heterocycles. The van der Waals surface area contributed by atoms with Gasteiger partial charge in [0.1, 0.15) is 24.0 Å². The van der Waals surface area contributed by atoms with E-state index in [1.54, 1.807) is 0 Å². The summed E-state index contributed by atoms with van der Waals surface area (Å²) in [5.74, 6) is -2.42. The average molecular weight is 769 g/mol. The van der Waals surface area contributed by atoms with Gasteiger partial charge in [-0.2, -0.15) is 47.4 Å². The van der Waals surface area contributed by atoms with Gasteiger partial charge in [0.05, 0.1) is 93.1 Å². The van der Waals surface area contributed by atoms with Crippen LogP contribution in [0.4, 0.5) is 8.78 Å². The number of allylic oxidation sites excluding steroid dienone is 7. The zero-order chi connectivity index (χ0) is 42.8. The van der Waals surface area contributed by atoms with E-state index in [9.17, 15) is 47.4 Å². The lowest BCUT2D eigenvalue weighted by Gasteiger charge is -2.23. The van der Waals surface area contributed by atoms with Gasteiger partial charge < -0.3 is 0 Å². The van der Waals surface area contributed by atoms with Gasteiger partial charge in [-0.1, -0.05) is 24.3 Å². The maximum atomic E-state index is 17.5. The Kier molecular flexibility index (Phi) is 9.63. The van der Waals surface area contributed by atoms with E-state index in [0.717, 1.165) is 0 Å². The van der Waals surface area contributed by atoms with Gasteiger partial charge in [-0.25, -0.2) is 13.6 Å². The molecule has 270 valence electrons. The monoisotopic (exact) mass is 768 g/mol. The number of hydrogen-bond acceptors (Lipinski definition) is 9. The summed E-state index contributed by atoms with van der Waals surface area (Å²) in [6.45, 7) is 8.35. The van der Waals surface area contributed by atoms with Crippen LogP contribution in [-0.4, -0.2) is 0 Å². The molecule has 0 bridgehead atoms. The third-order valence-corrected chi connectivity index (χ3v) is 9.86. The molecule has 5 aromatic rings. The quantitative estimate of drug-likeness (QED) is 0.125. The van der Waals surface area contributed by atoms with Crippen molar-refractivity contribution in [1.29, 1.82) is 47.4 Å². The molecule has 0 spiro atoms. The van der Waals surface area contributed by atoms with Crippen molar-refractivity contribution in [1.82, 2.24) is 0 Å². The fourth-order valence-corrected chi connectivity index (χ4v) is 7.43. The van der Waals surface area contributed by atoms with Crippen molar-refractivity contribution in [2.45, 2.75) is 0 Å². The first-order chi connectivity index (χ1) is 29.1. The first kappa shape index (κ1) is 38.1. The van der Waals surface area contributed by atoms with Gasteiger partial charge in [-0.3, -0.25) is 0 Å². The molecule has 10 nitrogen and oxygen atoms in total. The number of rotatable bonds is 4. The predicted molar refractivity (Wildman–Crippen MR) is 212 cm³/mol. The van der Waals surface area contributed by atoms with E-state index < -0.39 is 45.2 Å². The second-order valence-corrected chi connectivity index (χ2v) is 13.0. The lowest BCUT2D eigenvalue weighted by atomic mass is 9.78. The van der Waals surface area contributed by atoms with E-state index in [1.807, 2.05) is 54.6 Å². The molecular weight excluding hydrogens is 755 g/mol. The van der Waals surface area contributed by atoms with Gasteiger partial charge in [0, 0.05) is 27.8 Å². The molecule has 7 rings (SSSR count). The summed E-state index contributed by atoms with van der Waals surface area (Å²) < 4.78 is 35.0. The molecule has 0 aliphatic heterocycles. The minimum atomic E-state index is -1.21. The van der Waals surface area contributed by atoms with Crippen LogP contribution in [0.1, 0.15) is 66.8 Å². The Labute approximate surface area is 340 Å². The van der Waals surface area contributed by atoms with E-state index in [2.05, 4.69) is 4.85 Å². The number of nitriles is 9. The fourth-order valence-electron chi connectivity index (χ4n) is 7.43. The smallest absolute Gasteiger partial charge is 0.205 e. The van der Waals surface area contributed by atoms with Crippen LogP contribution < -0.4 is 0 Å². The molecule has 2 aliphatic carbocycles. The third kappa shape index (κ3) is 5.85. The highest BCUT2D eigenvalue weighted by Gasteiger charge is 2.44.